The van der Waals surface area contributed by atoms with Gasteiger partial charge in [0.2, 0.25) is 9.84 Å². The van der Waals surface area contributed by atoms with Gasteiger partial charge in [-0.2, -0.15) is 0 Å². The fourth-order valence-electron chi connectivity index (χ4n) is 3.18. The Hall–Kier alpha value is -2.74. The standard InChI is InChI=1S/C19H20N4O3S/c24-18(22-15-5-6-15)17-4-1-9-19(23-17,14-7-11-20-12-8-14)27(25,26)16-3-2-10-21-13-16/h1-4,7,9-10,12-13,15,23H,5-6,8,11H2,(H,22,24)/t19-/m1/s1. The van der Waals surface area contributed by atoms with Crippen molar-refractivity contribution in [3.05, 3.63) is 60.1 Å². The fraction of sp³-hybridized carbons (Fsp3) is 0.316. The molecule has 2 N–H and O–H groups in total. The number of hydrogen-bond acceptors (Lipinski definition) is 6. The highest BCUT2D eigenvalue weighted by atomic mass is 32.2. The van der Waals surface area contributed by atoms with Crippen LogP contribution in [0.2, 0.25) is 0 Å². The lowest BCUT2D eigenvalue weighted by atomic mass is 9.98. The summed E-state index contributed by atoms with van der Waals surface area (Å²) in [5.74, 6) is -0.294. The van der Waals surface area contributed by atoms with Crippen LogP contribution in [-0.4, -0.2) is 43.0 Å². The van der Waals surface area contributed by atoms with Crippen molar-refractivity contribution < 1.29 is 13.2 Å². The molecule has 1 atom stereocenters. The first kappa shape index (κ1) is 17.7. The Balaban J connectivity index is 1.76. The van der Waals surface area contributed by atoms with Crippen molar-refractivity contribution in [2.24, 2.45) is 4.99 Å². The third-order valence-corrected chi connectivity index (χ3v) is 7.01. The predicted molar refractivity (Wildman–Crippen MR) is 102 cm³/mol. The number of rotatable bonds is 5. The summed E-state index contributed by atoms with van der Waals surface area (Å²) < 4.78 is 27.2. The van der Waals surface area contributed by atoms with E-state index in [0.29, 0.717) is 18.5 Å². The highest BCUT2D eigenvalue weighted by Gasteiger charge is 2.48. The van der Waals surface area contributed by atoms with Crippen LogP contribution in [0.1, 0.15) is 19.3 Å². The fourth-order valence-corrected chi connectivity index (χ4v) is 5.03. The molecule has 3 aliphatic rings. The molecule has 1 amide bonds. The number of sulfone groups is 1. The van der Waals surface area contributed by atoms with E-state index in [-0.39, 0.29) is 22.5 Å². The number of hydrogen-bond donors (Lipinski definition) is 2. The number of aliphatic imine (C=N–C) groups is 1. The average molecular weight is 384 g/mol. The molecular weight excluding hydrogens is 364 g/mol. The Morgan fingerprint density at radius 2 is 2.19 bits per heavy atom. The van der Waals surface area contributed by atoms with Crippen molar-refractivity contribution in [1.82, 2.24) is 15.6 Å². The van der Waals surface area contributed by atoms with Gasteiger partial charge in [-0.05, 0) is 42.7 Å². The van der Waals surface area contributed by atoms with Crippen LogP contribution in [0.15, 0.2) is 70.0 Å². The molecule has 1 saturated carbocycles. The smallest absolute Gasteiger partial charge is 0.267 e. The van der Waals surface area contributed by atoms with Gasteiger partial charge >= 0.3 is 0 Å². The second-order valence-corrected chi connectivity index (χ2v) is 8.84. The molecule has 0 aromatic carbocycles. The normalized spacial score (nSPS) is 24.6. The summed E-state index contributed by atoms with van der Waals surface area (Å²) in [7, 11) is -3.91. The molecule has 0 bridgehead atoms. The number of nitrogens with zero attached hydrogens (tertiary/aromatic N) is 2. The van der Waals surface area contributed by atoms with Crippen LogP contribution in [0.3, 0.4) is 0 Å². The lowest BCUT2D eigenvalue weighted by Gasteiger charge is -2.37. The van der Waals surface area contributed by atoms with E-state index < -0.39 is 14.7 Å². The van der Waals surface area contributed by atoms with Crippen LogP contribution in [-0.2, 0) is 14.6 Å². The van der Waals surface area contributed by atoms with E-state index in [2.05, 4.69) is 20.6 Å². The highest BCUT2D eigenvalue weighted by molar-refractivity contribution is 7.93. The summed E-state index contributed by atoms with van der Waals surface area (Å²) in [6, 6.07) is 3.27. The minimum atomic E-state index is -3.91. The summed E-state index contributed by atoms with van der Waals surface area (Å²) in [6.07, 6.45) is 13.5. The molecule has 2 aliphatic heterocycles. The van der Waals surface area contributed by atoms with Crippen LogP contribution in [0.25, 0.3) is 0 Å². The average Bonchev–Trinajstić information content (AvgIpc) is 3.53. The number of carbonyl (C=O) groups is 1. The molecule has 27 heavy (non-hydrogen) atoms. The summed E-state index contributed by atoms with van der Waals surface area (Å²) in [6.45, 7) is 0.405. The monoisotopic (exact) mass is 384 g/mol. The van der Waals surface area contributed by atoms with Gasteiger partial charge in [-0.25, -0.2) is 8.42 Å². The van der Waals surface area contributed by atoms with Crippen molar-refractivity contribution >= 4 is 22.0 Å². The molecule has 1 fully saturated rings. The van der Waals surface area contributed by atoms with Gasteiger partial charge in [0.05, 0.1) is 11.4 Å². The first-order valence-corrected chi connectivity index (χ1v) is 10.3. The van der Waals surface area contributed by atoms with E-state index in [1.165, 1.54) is 18.5 Å². The van der Waals surface area contributed by atoms with Gasteiger partial charge in [-0.15, -0.1) is 0 Å². The number of pyridine rings is 1. The van der Waals surface area contributed by atoms with Crippen molar-refractivity contribution in [1.29, 1.82) is 0 Å². The third-order valence-electron chi connectivity index (χ3n) is 4.80. The Bertz CT molecular complexity index is 975. The minimum absolute atomic E-state index is 0.0920. The zero-order chi connectivity index (χ0) is 18.9. The third kappa shape index (κ3) is 3.21. The van der Waals surface area contributed by atoms with Crippen LogP contribution in [0.4, 0.5) is 0 Å². The molecule has 0 radical (unpaired) electrons. The van der Waals surface area contributed by atoms with Gasteiger partial charge in [0.15, 0.2) is 4.87 Å². The maximum absolute atomic E-state index is 13.6. The van der Waals surface area contributed by atoms with E-state index in [4.69, 9.17) is 0 Å². The van der Waals surface area contributed by atoms with Gasteiger partial charge in [-0.1, -0.05) is 12.2 Å². The van der Waals surface area contributed by atoms with Gasteiger partial charge in [0.1, 0.15) is 5.70 Å². The molecule has 4 rings (SSSR count). The second-order valence-electron chi connectivity index (χ2n) is 6.72. The van der Waals surface area contributed by atoms with Crippen LogP contribution >= 0.6 is 0 Å². The molecule has 1 aromatic rings. The van der Waals surface area contributed by atoms with Crippen LogP contribution in [0.5, 0.6) is 0 Å². The van der Waals surface area contributed by atoms with Gasteiger partial charge in [0.25, 0.3) is 5.91 Å². The Morgan fingerprint density at radius 1 is 1.33 bits per heavy atom. The van der Waals surface area contributed by atoms with Gasteiger partial charge in [-0.3, -0.25) is 14.8 Å². The lowest BCUT2D eigenvalue weighted by Crippen LogP contribution is -2.55. The molecule has 140 valence electrons. The molecular formula is C19H20N4O3S. The summed E-state index contributed by atoms with van der Waals surface area (Å²) in [5.41, 5.74) is 0.878. The predicted octanol–water partition coefficient (Wildman–Crippen LogP) is 1.27. The highest BCUT2D eigenvalue weighted by Crippen LogP contribution is 2.36. The molecule has 1 aliphatic carbocycles. The number of dihydropyridines is 2. The molecule has 0 saturated heterocycles. The summed E-state index contributed by atoms with van der Waals surface area (Å²) in [5, 5.41) is 5.92. The van der Waals surface area contributed by atoms with Gasteiger partial charge < -0.3 is 10.6 Å². The van der Waals surface area contributed by atoms with Crippen LogP contribution < -0.4 is 10.6 Å². The topological polar surface area (TPSA) is 101 Å². The molecule has 0 spiro atoms. The first-order chi connectivity index (χ1) is 13.0. The minimum Gasteiger partial charge on any atom is -0.355 e. The quantitative estimate of drug-likeness (QED) is 0.745. The second kappa shape index (κ2) is 6.77. The first-order valence-electron chi connectivity index (χ1n) is 8.84. The summed E-state index contributed by atoms with van der Waals surface area (Å²) in [4.78, 5) is 19.2. The number of nitrogens with one attached hydrogen (secondary N) is 2. The number of aromatic nitrogens is 1. The molecule has 7 nitrogen and oxygen atoms in total. The van der Waals surface area contributed by atoms with E-state index in [0.717, 1.165) is 12.8 Å². The Kier molecular flexibility index (Phi) is 4.43. The van der Waals surface area contributed by atoms with E-state index in [1.54, 1.807) is 36.6 Å². The maximum Gasteiger partial charge on any atom is 0.267 e. The van der Waals surface area contributed by atoms with Crippen molar-refractivity contribution in [3.63, 3.8) is 0 Å². The van der Waals surface area contributed by atoms with Gasteiger partial charge in [0, 0.05) is 31.1 Å². The number of carbonyl (C=O) groups excluding carboxylic acids is 1. The SMILES string of the molecule is O=C(NC1CC1)C1=CC=C[C@](C2=CCN=CC2)(S(=O)(=O)c2cccnc2)N1. The van der Waals surface area contributed by atoms with Crippen LogP contribution in [0, 0.1) is 0 Å². The zero-order valence-corrected chi connectivity index (χ0v) is 15.4. The molecule has 8 heteroatoms. The van der Waals surface area contributed by atoms with Crippen molar-refractivity contribution in [3.8, 4) is 0 Å². The lowest BCUT2D eigenvalue weighted by molar-refractivity contribution is -0.118. The van der Waals surface area contributed by atoms with E-state index in [1.807, 2.05) is 0 Å². The molecule has 3 heterocycles. The van der Waals surface area contributed by atoms with E-state index in [9.17, 15) is 13.2 Å². The van der Waals surface area contributed by atoms with Crippen molar-refractivity contribution in [2.45, 2.75) is 35.1 Å². The van der Waals surface area contributed by atoms with E-state index >= 15 is 0 Å². The summed E-state index contributed by atoms with van der Waals surface area (Å²) >= 11 is 0. The number of amides is 1. The number of allylic oxidation sites excluding steroid dienone is 2. The van der Waals surface area contributed by atoms with Crippen molar-refractivity contribution in [2.75, 3.05) is 6.54 Å². The Labute approximate surface area is 157 Å². The molecule has 0 unspecified atom stereocenters. The largest absolute Gasteiger partial charge is 0.355 e. The zero-order valence-electron chi connectivity index (χ0n) is 14.6. The Morgan fingerprint density at radius 3 is 2.85 bits per heavy atom. The maximum atomic E-state index is 13.6. The molecule has 1 aromatic heterocycles.